The maximum Gasteiger partial charge on any atom is 0.219 e. The normalized spacial score (nSPS) is 19.9. The maximum atomic E-state index is 13.5. The molecule has 10 heteroatoms. The van der Waals surface area contributed by atoms with Crippen LogP contribution in [0.1, 0.15) is 35.2 Å². The average Bonchev–Trinajstić information content (AvgIpc) is 3.47. The second-order valence-corrected chi connectivity index (χ2v) is 8.53. The van der Waals surface area contributed by atoms with Crippen molar-refractivity contribution in [3.63, 3.8) is 0 Å². The molecule has 32 heavy (non-hydrogen) atoms. The summed E-state index contributed by atoms with van der Waals surface area (Å²) in [5, 5.41) is 16.6. The van der Waals surface area contributed by atoms with E-state index in [0.717, 1.165) is 11.3 Å². The number of carbonyl (C=O) groups excluding carboxylic acids is 1. The fourth-order valence-electron chi connectivity index (χ4n) is 4.34. The molecule has 0 fully saturated rings. The molecule has 2 N–H and O–H groups in total. The molecule has 0 bridgehead atoms. The zero-order chi connectivity index (χ0) is 22.2. The highest BCUT2D eigenvalue weighted by atomic mass is 32.1. The van der Waals surface area contributed by atoms with Crippen LogP contribution in [0.15, 0.2) is 45.5 Å². The van der Waals surface area contributed by atoms with Gasteiger partial charge in [-0.25, -0.2) is 4.63 Å². The molecule has 0 saturated heterocycles. The van der Waals surface area contributed by atoms with E-state index in [1.54, 1.807) is 38.7 Å². The van der Waals surface area contributed by atoms with Crippen molar-refractivity contribution in [3.05, 3.63) is 51.4 Å². The predicted molar refractivity (Wildman–Crippen MR) is 119 cm³/mol. The first-order valence-electron chi connectivity index (χ1n) is 10.1. The van der Waals surface area contributed by atoms with Crippen LogP contribution in [-0.2, 0) is 4.79 Å². The number of methoxy groups -OCH3 is 3. The summed E-state index contributed by atoms with van der Waals surface area (Å²) in [5.74, 6) is 2.63. The SMILES string of the molecule is COc1cc(OC)c([C@H]2Nc3nonc3NC3=C2C(=O)C[C@@H](c2cccs2)C3)cc1OC. The van der Waals surface area contributed by atoms with Gasteiger partial charge < -0.3 is 24.8 Å². The third-order valence-electron chi connectivity index (χ3n) is 5.83. The van der Waals surface area contributed by atoms with Gasteiger partial charge in [0.2, 0.25) is 11.6 Å². The number of anilines is 2. The van der Waals surface area contributed by atoms with Crippen molar-refractivity contribution in [3.8, 4) is 17.2 Å². The van der Waals surface area contributed by atoms with Crippen molar-refractivity contribution in [1.29, 1.82) is 0 Å². The Bertz CT molecular complexity index is 1190. The number of aromatic nitrogens is 2. The zero-order valence-electron chi connectivity index (χ0n) is 17.8. The molecule has 3 aromatic rings. The molecule has 9 nitrogen and oxygen atoms in total. The lowest BCUT2D eigenvalue weighted by Crippen LogP contribution is -2.27. The third kappa shape index (κ3) is 3.36. The van der Waals surface area contributed by atoms with E-state index in [0.29, 0.717) is 47.3 Å². The number of allylic oxidation sites excluding steroid dienone is 1. The highest BCUT2D eigenvalue weighted by Crippen LogP contribution is 2.47. The number of nitrogens with zero attached hydrogens (tertiary/aromatic N) is 2. The second kappa shape index (κ2) is 8.19. The third-order valence-corrected chi connectivity index (χ3v) is 6.86. The fraction of sp³-hybridized carbons (Fsp3) is 0.318. The molecule has 1 aliphatic heterocycles. The Kier molecular flexibility index (Phi) is 5.22. The maximum absolute atomic E-state index is 13.5. The van der Waals surface area contributed by atoms with Gasteiger partial charge in [-0.1, -0.05) is 6.07 Å². The number of ether oxygens (including phenoxy) is 3. The predicted octanol–water partition coefficient (Wildman–Crippen LogP) is 4.14. The highest BCUT2D eigenvalue weighted by molar-refractivity contribution is 7.10. The van der Waals surface area contributed by atoms with Crippen LogP contribution in [0.25, 0.3) is 0 Å². The van der Waals surface area contributed by atoms with Gasteiger partial charge in [0.25, 0.3) is 0 Å². The number of nitrogens with one attached hydrogen (secondary N) is 2. The van der Waals surface area contributed by atoms with Crippen molar-refractivity contribution >= 4 is 28.8 Å². The summed E-state index contributed by atoms with van der Waals surface area (Å²) >= 11 is 1.66. The van der Waals surface area contributed by atoms with Gasteiger partial charge in [0, 0.05) is 40.1 Å². The van der Waals surface area contributed by atoms with E-state index >= 15 is 0 Å². The minimum Gasteiger partial charge on any atom is -0.496 e. The largest absolute Gasteiger partial charge is 0.496 e. The van der Waals surface area contributed by atoms with Gasteiger partial charge in [0.05, 0.1) is 27.4 Å². The zero-order valence-corrected chi connectivity index (χ0v) is 18.6. The molecular formula is C22H22N4O5S. The summed E-state index contributed by atoms with van der Waals surface area (Å²) in [5.41, 5.74) is 2.14. The number of benzene rings is 1. The number of fused-ring (bicyclic) bond motifs is 1. The highest BCUT2D eigenvalue weighted by Gasteiger charge is 2.39. The Hall–Kier alpha value is -3.53. The number of hydrogen-bond donors (Lipinski definition) is 2. The van der Waals surface area contributed by atoms with Gasteiger partial charge >= 0.3 is 0 Å². The van der Waals surface area contributed by atoms with Crippen LogP contribution >= 0.6 is 11.3 Å². The Morgan fingerprint density at radius 1 is 1.03 bits per heavy atom. The number of hydrogen-bond acceptors (Lipinski definition) is 10. The first-order chi connectivity index (χ1) is 15.6. The summed E-state index contributed by atoms with van der Waals surface area (Å²) in [7, 11) is 4.71. The molecule has 0 spiro atoms. The minimum absolute atomic E-state index is 0.0496. The number of thiophene rings is 1. The topological polar surface area (TPSA) is 108 Å². The van der Waals surface area contributed by atoms with E-state index in [1.807, 2.05) is 17.5 Å². The molecule has 0 amide bonds. The van der Waals surface area contributed by atoms with Crippen molar-refractivity contribution in [1.82, 2.24) is 10.3 Å². The van der Waals surface area contributed by atoms with Gasteiger partial charge in [-0.3, -0.25) is 4.79 Å². The van der Waals surface area contributed by atoms with E-state index in [9.17, 15) is 4.79 Å². The molecular weight excluding hydrogens is 432 g/mol. The molecule has 0 radical (unpaired) electrons. The molecule has 166 valence electrons. The number of rotatable bonds is 5. The van der Waals surface area contributed by atoms with Crippen molar-refractivity contribution in [2.75, 3.05) is 32.0 Å². The number of carbonyl (C=O) groups is 1. The van der Waals surface area contributed by atoms with Crippen molar-refractivity contribution in [2.45, 2.75) is 24.8 Å². The van der Waals surface area contributed by atoms with Crippen LogP contribution in [-0.4, -0.2) is 37.4 Å². The van der Waals surface area contributed by atoms with Crippen LogP contribution < -0.4 is 24.8 Å². The lowest BCUT2D eigenvalue weighted by molar-refractivity contribution is -0.116. The van der Waals surface area contributed by atoms with Crippen LogP contribution in [0.3, 0.4) is 0 Å². The van der Waals surface area contributed by atoms with Crippen molar-refractivity contribution in [2.24, 2.45) is 0 Å². The first-order valence-corrected chi connectivity index (χ1v) is 11.0. The van der Waals surface area contributed by atoms with Crippen LogP contribution in [0.5, 0.6) is 17.2 Å². The van der Waals surface area contributed by atoms with E-state index in [4.69, 9.17) is 18.8 Å². The monoisotopic (exact) mass is 454 g/mol. The smallest absolute Gasteiger partial charge is 0.219 e. The average molecular weight is 455 g/mol. The molecule has 2 aromatic heterocycles. The van der Waals surface area contributed by atoms with Crippen LogP contribution in [0, 0.1) is 0 Å². The van der Waals surface area contributed by atoms with E-state index in [1.165, 1.54) is 4.88 Å². The molecule has 0 saturated carbocycles. The Morgan fingerprint density at radius 3 is 2.50 bits per heavy atom. The quantitative estimate of drug-likeness (QED) is 0.588. The lowest BCUT2D eigenvalue weighted by atomic mass is 9.80. The standard InChI is InChI=1S/C22H22N4O5S/c1-28-15-10-17(30-3)16(29-2)9-12(15)20-19-13(23-21-22(24-20)26-31-25-21)7-11(8-14(19)27)18-5-4-6-32-18/h4-6,9-11,20H,7-8H2,1-3H3,(H,23,25)(H,24,26)/t11-,20+/m0/s1. The van der Waals surface area contributed by atoms with Gasteiger partial charge in [-0.05, 0) is 34.2 Å². The fourth-order valence-corrected chi connectivity index (χ4v) is 5.17. The molecule has 2 atom stereocenters. The Morgan fingerprint density at radius 2 is 1.78 bits per heavy atom. The minimum atomic E-state index is -0.544. The van der Waals surface area contributed by atoms with E-state index in [-0.39, 0.29) is 11.7 Å². The van der Waals surface area contributed by atoms with Crippen LogP contribution in [0.2, 0.25) is 0 Å². The molecule has 3 heterocycles. The van der Waals surface area contributed by atoms with Gasteiger partial charge in [-0.15, -0.1) is 11.3 Å². The Labute approximate surface area is 188 Å². The van der Waals surface area contributed by atoms with Crippen molar-refractivity contribution < 1.29 is 23.6 Å². The first kappa shape index (κ1) is 20.4. The van der Waals surface area contributed by atoms with E-state index < -0.39 is 6.04 Å². The lowest BCUT2D eigenvalue weighted by Gasteiger charge is -2.30. The summed E-state index contributed by atoms with van der Waals surface area (Å²) in [6.07, 6.45) is 1.09. The summed E-state index contributed by atoms with van der Waals surface area (Å²) < 4.78 is 21.5. The van der Waals surface area contributed by atoms with Gasteiger partial charge in [-0.2, -0.15) is 0 Å². The molecule has 1 aromatic carbocycles. The summed E-state index contributed by atoms with van der Waals surface area (Å²) in [6.45, 7) is 0. The van der Waals surface area contributed by atoms with Gasteiger partial charge in [0.1, 0.15) is 5.75 Å². The Balaban J connectivity index is 1.66. The number of ketones is 1. The number of Topliss-reactive ketones (excluding diaryl/α,β-unsaturated/α-hetero) is 1. The second-order valence-electron chi connectivity index (χ2n) is 7.55. The molecule has 2 aliphatic rings. The van der Waals surface area contributed by atoms with Crippen LogP contribution in [0.4, 0.5) is 11.6 Å². The molecule has 5 rings (SSSR count). The summed E-state index contributed by atoms with van der Waals surface area (Å²) in [4.78, 5) is 14.7. The summed E-state index contributed by atoms with van der Waals surface area (Å²) in [6, 6.07) is 7.10. The van der Waals surface area contributed by atoms with E-state index in [2.05, 4.69) is 27.0 Å². The molecule has 1 aliphatic carbocycles. The van der Waals surface area contributed by atoms with Gasteiger partial charge in [0.15, 0.2) is 17.3 Å². The molecule has 0 unspecified atom stereocenters.